The molecule has 0 rings (SSSR count). The predicted octanol–water partition coefficient (Wildman–Crippen LogP) is -0.183. The van der Waals surface area contributed by atoms with Crippen LogP contribution in [-0.4, -0.2) is 65.8 Å². The molecule has 0 radical (unpaired) electrons. The number of hydrogen-bond donors (Lipinski definition) is 1. The van der Waals surface area contributed by atoms with Crippen LogP contribution in [0.4, 0.5) is 0 Å². The van der Waals surface area contributed by atoms with E-state index in [1.54, 1.807) is 21.1 Å². The Bertz CT molecular complexity index is 189. The first-order valence-electron chi connectivity index (χ1n) is 5.70. The summed E-state index contributed by atoms with van der Waals surface area (Å²) in [6, 6.07) is 0. The number of carbonyl (C=O) groups is 1. The molecule has 0 saturated heterocycles. The Balaban J connectivity index is 3.30. The van der Waals surface area contributed by atoms with Gasteiger partial charge in [-0.1, -0.05) is 0 Å². The highest BCUT2D eigenvalue weighted by atomic mass is 16.6. The number of ether oxygens (including phenoxy) is 4. The molecular formula is C11H23NO5. The lowest BCUT2D eigenvalue weighted by molar-refractivity contribution is -0.148. The van der Waals surface area contributed by atoms with Crippen LogP contribution < -0.4 is 5.32 Å². The molecule has 17 heavy (non-hydrogen) atoms. The summed E-state index contributed by atoms with van der Waals surface area (Å²) in [6.07, 6.45) is 0.0325. The summed E-state index contributed by atoms with van der Waals surface area (Å²) in [5, 5.41) is 3.14. The molecule has 0 aliphatic heterocycles. The van der Waals surface area contributed by atoms with E-state index in [9.17, 15) is 4.79 Å². The Labute approximate surface area is 103 Å². The Hall–Kier alpha value is -0.690. The lowest BCUT2D eigenvalue weighted by Crippen LogP contribution is -2.33. The van der Waals surface area contributed by atoms with E-state index in [0.717, 1.165) is 0 Å². The molecule has 0 heterocycles. The van der Waals surface area contributed by atoms with Gasteiger partial charge in [0.15, 0.2) is 0 Å². The summed E-state index contributed by atoms with van der Waals surface area (Å²) in [5.41, 5.74) is 0. The summed E-state index contributed by atoms with van der Waals surface area (Å²) in [4.78, 5) is 10.9. The molecule has 0 aliphatic rings. The van der Waals surface area contributed by atoms with Gasteiger partial charge in [-0.05, 0) is 6.92 Å². The molecule has 0 aromatic rings. The molecule has 1 unspecified atom stereocenters. The lowest BCUT2D eigenvalue weighted by atomic mass is 10.4. The van der Waals surface area contributed by atoms with E-state index in [2.05, 4.69) is 5.32 Å². The second kappa shape index (κ2) is 11.8. The molecule has 102 valence electrons. The van der Waals surface area contributed by atoms with Crippen LogP contribution in [0.25, 0.3) is 0 Å². The molecule has 6 heteroatoms. The van der Waals surface area contributed by atoms with Crippen molar-refractivity contribution >= 4 is 5.97 Å². The fraction of sp³-hybridized carbons (Fsp3) is 0.909. The lowest BCUT2D eigenvalue weighted by Gasteiger charge is -2.14. The van der Waals surface area contributed by atoms with Crippen molar-refractivity contribution < 1.29 is 23.7 Å². The third-order valence-corrected chi connectivity index (χ3v) is 2.01. The Morgan fingerprint density at radius 1 is 1.35 bits per heavy atom. The van der Waals surface area contributed by atoms with Crippen LogP contribution in [0.3, 0.4) is 0 Å². The second-order valence-corrected chi connectivity index (χ2v) is 3.37. The van der Waals surface area contributed by atoms with Gasteiger partial charge in [-0.3, -0.25) is 0 Å². The smallest absolute Gasteiger partial charge is 0.332 e. The molecule has 1 atom stereocenters. The minimum atomic E-state index is -0.332. The topological polar surface area (TPSA) is 66.0 Å². The van der Waals surface area contributed by atoms with E-state index in [4.69, 9.17) is 18.9 Å². The van der Waals surface area contributed by atoms with Crippen LogP contribution in [0.15, 0.2) is 0 Å². The fourth-order valence-corrected chi connectivity index (χ4v) is 1.16. The average Bonchev–Trinajstić information content (AvgIpc) is 2.32. The van der Waals surface area contributed by atoms with Gasteiger partial charge in [0.05, 0.1) is 25.9 Å². The molecule has 0 spiro atoms. The van der Waals surface area contributed by atoms with Gasteiger partial charge in [0, 0.05) is 27.3 Å². The second-order valence-electron chi connectivity index (χ2n) is 3.37. The maximum absolute atomic E-state index is 10.9. The zero-order valence-electron chi connectivity index (χ0n) is 10.9. The van der Waals surface area contributed by atoms with Crippen molar-refractivity contribution in [3.05, 3.63) is 0 Å². The highest BCUT2D eigenvalue weighted by molar-refractivity contribution is 5.70. The largest absolute Gasteiger partial charge is 0.464 e. The van der Waals surface area contributed by atoms with Gasteiger partial charge in [0.1, 0.15) is 6.61 Å². The Morgan fingerprint density at radius 3 is 2.71 bits per heavy atom. The van der Waals surface area contributed by atoms with Gasteiger partial charge in [-0.2, -0.15) is 0 Å². The Kier molecular flexibility index (Phi) is 11.3. The molecular weight excluding hydrogens is 226 g/mol. The first kappa shape index (κ1) is 16.3. The van der Waals surface area contributed by atoms with Crippen LogP contribution >= 0.6 is 0 Å². The van der Waals surface area contributed by atoms with Gasteiger partial charge in [0.2, 0.25) is 0 Å². The molecule has 0 saturated carbocycles. The molecule has 0 aliphatic carbocycles. The summed E-state index contributed by atoms with van der Waals surface area (Å²) >= 11 is 0. The molecule has 0 aromatic heterocycles. The van der Waals surface area contributed by atoms with Gasteiger partial charge >= 0.3 is 5.97 Å². The minimum absolute atomic E-state index is 0.00129. The Morgan fingerprint density at radius 2 is 2.12 bits per heavy atom. The zero-order valence-corrected chi connectivity index (χ0v) is 10.9. The maximum atomic E-state index is 10.9. The maximum Gasteiger partial charge on any atom is 0.332 e. The van der Waals surface area contributed by atoms with E-state index in [-0.39, 0.29) is 18.7 Å². The highest BCUT2D eigenvalue weighted by Crippen LogP contribution is 1.88. The first-order chi connectivity index (χ1) is 8.24. The fourth-order valence-electron chi connectivity index (χ4n) is 1.16. The standard InChI is InChI=1S/C11H23NO5/c1-4-17-11(13)9-16-6-5-12-7-10(15-3)8-14-2/h10,12H,4-9H2,1-3H3. The van der Waals surface area contributed by atoms with Crippen molar-refractivity contribution in [1.29, 1.82) is 0 Å². The van der Waals surface area contributed by atoms with Gasteiger partial charge in [0.25, 0.3) is 0 Å². The van der Waals surface area contributed by atoms with Crippen LogP contribution in [-0.2, 0) is 23.7 Å². The quantitative estimate of drug-likeness (QED) is 0.405. The van der Waals surface area contributed by atoms with Gasteiger partial charge in [-0.25, -0.2) is 4.79 Å². The zero-order chi connectivity index (χ0) is 12.9. The van der Waals surface area contributed by atoms with Crippen LogP contribution in [0.1, 0.15) is 6.92 Å². The van der Waals surface area contributed by atoms with Crippen molar-refractivity contribution in [3.8, 4) is 0 Å². The van der Waals surface area contributed by atoms with Crippen LogP contribution in [0, 0.1) is 0 Å². The predicted molar refractivity (Wildman–Crippen MR) is 63.0 cm³/mol. The van der Waals surface area contributed by atoms with Crippen molar-refractivity contribution in [2.45, 2.75) is 13.0 Å². The normalized spacial score (nSPS) is 12.4. The van der Waals surface area contributed by atoms with Gasteiger partial charge in [-0.15, -0.1) is 0 Å². The molecule has 0 bridgehead atoms. The van der Waals surface area contributed by atoms with E-state index < -0.39 is 0 Å². The number of rotatable bonds is 11. The SMILES string of the molecule is CCOC(=O)COCCNCC(COC)OC. The number of carbonyl (C=O) groups excluding carboxylic acids is 1. The first-order valence-corrected chi connectivity index (χ1v) is 5.70. The third-order valence-electron chi connectivity index (χ3n) is 2.01. The van der Waals surface area contributed by atoms with Crippen molar-refractivity contribution in [3.63, 3.8) is 0 Å². The monoisotopic (exact) mass is 249 g/mol. The minimum Gasteiger partial charge on any atom is -0.464 e. The summed E-state index contributed by atoms with van der Waals surface area (Å²) in [6.45, 7) is 4.50. The molecule has 1 N–H and O–H groups in total. The molecule has 6 nitrogen and oxygen atoms in total. The van der Waals surface area contributed by atoms with E-state index in [0.29, 0.717) is 32.9 Å². The van der Waals surface area contributed by atoms with E-state index >= 15 is 0 Å². The van der Waals surface area contributed by atoms with Gasteiger partial charge < -0.3 is 24.3 Å². The van der Waals surface area contributed by atoms with Crippen molar-refractivity contribution in [2.24, 2.45) is 0 Å². The van der Waals surface area contributed by atoms with Crippen LogP contribution in [0.5, 0.6) is 0 Å². The number of esters is 1. The molecule has 0 aromatic carbocycles. The number of hydrogen-bond acceptors (Lipinski definition) is 6. The molecule has 0 fully saturated rings. The van der Waals surface area contributed by atoms with Crippen LogP contribution in [0.2, 0.25) is 0 Å². The van der Waals surface area contributed by atoms with Crippen molar-refractivity contribution in [1.82, 2.24) is 5.32 Å². The highest BCUT2D eigenvalue weighted by Gasteiger charge is 2.05. The van der Waals surface area contributed by atoms with Crippen molar-refractivity contribution in [2.75, 3.05) is 53.7 Å². The molecule has 0 amide bonds. The van der Waals surface area contributed by atoms with E-state index in [1.807, 2.05) is 0 Å². The third kappa shape index (κ3) is 10.2. The number of nitrogens with one attached hydrogen (secondary N) is 1. The number of methoxy groups -OCH3 is 2. The summed E-state index contributed by atoms with van der Waals surface area (Å²) < 4.78 is 20.0. The van der Waals surface area contributed by atoms with E-state index in [1.165, 1.54) is 0 Å². The average molecular weight is 249 g/mol. The summed E-state index contributed by atoms with van der Waals surface area (Å²) in [7, 11) is 3.27. The summed E-state index contributed by atoms with van der Waals surface area (Å²) in [5.74, 6) is -0.332.